The van der Waals surface area contributed by atoms with Crippen LogP contribution in [0.5, 0.6) is 17.4 Å². The first-order valence-corrected chi connectivity index (χ1v) is 9.42. The van der Waals surface area contributed by atoms with Gasteiger partial charge >= 0.3 is 0 Å². The Morgan fingerprint density at radius 3 is 2.43 bits per heavy atom. The van der Waals surface area contributed by atoms with E-state index in [1.54, 1.807) is 13.4 Å². The highest BCUT2D eigenvalue weighted by Crippen LogP contribution is 2.29. The predicted octanol–water partition coefficient (Wildman–Crippen LogP) is 3.91. The van der Waals surface area contributed by atoms with E-state index in [2.05, 4.69) is 25.8 Å². The molecule has 0 spiro atoms. The Labute approximate surface area is 165 Å². The van der Waals surface area contributed by atoms with E-state index in [-0.39, 0.29) is 0 Å². The molecule has 3 aromatic rings. The molecule has 2 aromatic carbocycles. The summed E-state index contributed by atoms with van der Waals surface area (Å²) in [6, 6.07) is 18.0. The number of aromatic nitrogens is 2. The second-order valence-corrected chi connectivity index (χ2v) is 6.78. The maximum atomic E-state index is 5.91. The number of piperazine rings is 1. The van der Waals surface area contributed by atoms with Gasteiger partial charge in [0.25, 0.3) is 0 Å². The number of methoxy groups -OCH3 is 1. The van der Waals surface area contributed by atoms with E-state index in [0.29, 0.717) is 5.88 Å². The van der Waals surface area contributed by atoms with Crippen LogP contribution in [0.1, 0.15) is 5.56 Å². The van der Waals surface area contributed by atoms with Crippen molar-refractivity contribution in [3.05, 3.63) is 66.5 Å². The van der Waals surface area contributed by atoms with Crippen LogP contribution in [0.2, 0.25) is 0 Å². The van der Waals surface area contributed by atoms with Gasteiger partial charge in [-0.3, -0.25) is 0 Å². The lowest BCUT2D eigenvalue weighted by molar-refractivity contribution is 0.413. The zero-order chi connectivity index (χ0) is 19.3. The molecule has 1 aliphatic heterocycles. The second-order valence-electron chi connectivity index (χ2n) is 6.78. The largest absolute Gasteiger partial charge is 0.495 e. The number of anilines is 2. The van der Waals surface area contributed by atoms with Crippen LogP contribution in [-0.4, -0.2) is 43.3 Å². The molecular formula is C22H24N4O2. The summed E-state index contributed by atoms with van der Waals surface area (Å²) in [5, 5.41) is 0. The van der Waals surface area contributed by atoms with Crippen LogP contribution in [-0.2, 0) is 0 Å². The highest BCUT2D eigenvalue weighted by molar-refractivity contribution is 5.59. The van der Waals surface area contributed by atoms with Crippen LogP contribution in [0.15, 0.2) is 60.9 Å². The standard InChI is InChI=1S/C22H24N4O2/c1-17-6-5-7-18(14-17)28-22-15-21(23-16-24-22)26-12-10-25(11-13-26)19-8-3-4-9-20(19)27-2/h3-9,14-16H,10-13H2,1-2H3. The zero-order valence-corrected chi connectivity index (χ0v) is 16.2. The molecule has 4 rings (SSSR count). The molecule has 1 saturated heterocycles. The van der Waals surface area contributed by atoms with E-state index < -0.39 is 0 Å². The van der Waals surface area contributed by atoms with E-state index in [1.807, 2.05) is 55.5 Å². The van der Waals surface area contributed by atoms with Gasteiger partial charge in [0, 0.05) is 32.2 Å². The molecule has 0 unspecified atom stereocenters. The van der Waals surface area contributed by atoms with Gasteiger partial charge in [-0.25, -0.2) is 9.97 Å². The van der Waals surface area contributed by atoms with Gasteiger partial charge < -0.3 is 19.3 Å². The molecule has 1 aliphatic rings. The molecular weight excluding hydrogens is 352 g/mol. The highest BCUT2D eigenvalue weighted by atomic mass is 16.5. The fourth-order valence-electron chi connectivity index (χ4n) is 3.43. The Bertz CT molecular complexity index is 939. The fraction of sp³-hybridized carbons (Fsp3) is 0.273. The molecule has 0 saturated carbocycles. The summed E-state index contributed by atoms with van der Waals surface area (Å²) in [6.07, 6.45) is 1.56. The number of hydrogen-bond acceptors (Lipinski definition) is 6. The normalized spacial score (nSPS) is 14.1. The molecule has 0 atom stereocenters. The monoisotopic (exact) mass is 376 g/mol. The summed E-state index contributed by atoms with van der Waals surface area (Å²) in [5.74, 6) is 3.14. The molecule has 0 aliphatic carbocycles. The Hall–Kier alpha value is -3.28. The minimum atomic E-state index is 0.558. The summed E-state index contributed by atoms with van der Waals surface area (Å²) in [7, 11) is 1.71. The Balaban J connectivity index is 1.43. The first-order valence-electron chi connectivity index (χ1n) is 9.42. The summed E-state index contributed by atoms with van der Waals surface area (Å²) in [4.78, 5) is 13.3. The maximum Gasteiger partial charge on any atom is 0.224 e. The topological polar surface area (TPSA) is 50.7 Å². The van der Waals surface area contributed by atoms with Crippen molar-refractivity contribution in [1.82, 2.24) is 9.97 Å². The van der Waals surface area contributed by atoms with Crippen LogP contribution in [0.3, 0.4) is 0 Å². The van der Waals surface area contributed by atoms with Crippen molar-refractivity contribution in [2.75, 3.05) is 43.1 Å². The van der Waals surface area contributed by atoms with Crippen molar-refractivity contribution in [1.29, 1.82) is 0 Å². The number of ether oxygens (including phenoxy) is 2. The first-order chi connectivity index (χ1) is 13.7. The van der Waals surface area contributed by atoms with Crippen molar-refractivity contribution in [3.8, 4) is 17.4 Å². The lowest BCUT2D eigenvalue weighted by Crippen LogP contribution is -2.47. The lowest BCUT2D eigenvalue weighted by Gasteiger charge is -2.37. The molecule has 2 heterocycles. The van der Waals surface area contributed by atoms with Crippen LogP contribution in [0.4, 0.5) is 11.5 Å². The van der Waals surface area contributed by atoms with Gasteiger partial charge in [0.1, 0.15) is 23.6 Å². The fourth-order valence-corrected chi connectivity index (χ4v) is 3.43. The zero-order valence-electron chi connectivity index (χ0n) is 16.2. The van der Waals surface area contributed by atoms with Crippen molar-refractivity contribution in [2.45, 2.75) is 6.92 Å². The third-order valence-electron chi connectivity index (χ3n) is 4.87. The van der Waals surface area contributed by atoms with Crippen molar-refractivity contribution < 1.29 is 9.47 Å². The molecule has 0 N–H and O–H groups in total. The number of benzene rings is 2. The second kappa shape index (κ2) is 8.17. The lowest BCUT2D eigenvalue weighted by atomic mass is 10.2. The van der Waals surface area contributed by atoms with E-state index in [0.717, 1.165) is 54.7 Å². The minimum Gasteiger partial charge on any atom is -0.495 e. The SMILES string of the molecule is COc1ccccc1N1CCN(c2cc(Oc3cccc(C)c3)ncn2)CC1. The summed E-state index contributed by atoms with van der Waals surface area (Å²) < 4.78 is 11.4. The van der Waals surface area contributed by atoms with Gasteiger partial charge in [0.15, 0.2) is 0 Å². The third kappa shape index (κ3) is 4.01. The van der Waals surface area contributed by atoms with Gasteiger partial charge in [0.05, 0.1) is 12.8 Å². The average Bonchev–Trinajstić information content (AvgIpc) is 2.74. The molecule has 1 fully saturated rings. The van der Waals surface area contributed by atoms with Gasteiger partial charge in [-0.05, 0) is 36.8 Å². The summed E-state index contributed by atoms with van der Waals surface area (Å²) in [5.41, 5.74) is 2.29. The van der Waals surface area contributed by atoms with Crippen LogP contribution in [0.25, 0.3) is 0 Å². The summed E-state index contributed by atoms with van der Waals surface area (Å²) >= 11 is 0. The van der Waals surface area contributed by atoms with E-state index >= 15 is 0 Å². The average molecular weight is 376 g/mol. The van der Waals surface area contributed by atoms with Crippen LogP contribution in [0, 0.1) is 6.92 Å². The Morgan fingerprint density at radius 1 is 0.857 bits per heavy atom. The molecule has 0 bridgehead atoms. The maximum absolute atomic E-state index is 5.91. The Morgan fingerprint density at radius 2 is 1.64 bits per heavy atom. The predicted molar refractivity (Wildman–Crippen MR) is 111 cm³/mol. The number of rotatable bonds is 5. The van der Waals surface area contributed by atoms with Crippen LogP contribution < -0.4 is 19.3 Å². The van der Waals surface area contributed by atoms with Crippen molar-refractivity contribution in [3.63, 3.8) is 0 Å². The van der Waals surface area contributed by atoms with Gasteiger partial charge in [-0.1, -0.05) is 24.3 Å². The third-order valence-corrected chi connectivity index (χ3v) is 4.87. The van der Waals surface area contributed by atoms with Gasteiger partial charge in [0.2, 0.25) is 5.88 Å². The van der Waals surface area contributed by atoms with E-state index in [4.69, 9.17) is 9.47 Å². The number of hydrogen-bond donors (Lipinski definition) is 0. The van der Waals surface area contributed by atoms with Crippen molar-refractivity contribution >= 4 is 11.5 Å². The molecule has 0 radical (unpaired) electrons. The highest BCUT2D eigenvalue weighted by Gasteiger charge is 2.21. The molecule has 0 amide bonds. The molecule has 6 heteroatoms. The quantitative estimate of drug-likeness (QED) is 0.673. The number of nitrogens with zero attached hydrogens (tertiary/aromatic N) is 4. The van der Waals surface area contributed by atoms with E-state index in [1.165, 1.54) is 0 Å². The Kier molecular flexibility index (Phi) is 5.28. The smallest absolute Gasteiger partial charge is 0.224 e. The molecule has 6 nitrogen and oxygen atoms in total. The molecule has 1 aromatic heterocycles. The minimum absolute atomic E-state index is 0.558. The molecule has 144 valence electrons. The van der Waals surface area contributed by atoms with Crippen LogP contribution >= 0.6 is 0 Å². The molecule has 28 heavy (non-hydrogen) atoms. The van der Waals surface area contributed by atoms with Gasteiger partial charge in [-0.2, -0.15) is 0 Å². The number of aryl methyl sites for hydroxylation is 1. The first kappa shape index (κ1) is 18.1. The number of para-hydroxylation sites is 2. The van der Waals surface area contributed by atoms with Gasteiger partial charge in [-0.15, -0.1) is 0 Å². The van der Waals surface area contributed by atoms with Crippen molar-refractivity contribution in [2.24, 2.45) is 0 Å². The van der Waals surface area contributed by atoms with E-state index in [9.17, 15) is 0 Å². The summed E-state index contributed by atoms with van der Waals surface area (Å²) in [6.45, 7) is 5.59.